The van der Waals surface area contributed by atoms with Gasteiger partial charge in [-0.25, -0.2) is 0 Å². The molecule has 0 amide bonds. The van der Waals surface area contributed by atoms with Gasteiger partial charge in [0.25, 0.3) is 0 Å². The number of aromatic amines is 1. The Labute approximate surface area is 88.7 Å². The number of hydrogen-bond donors (Lipinski definition) is 1. The average Bonchev–Trinajstić information content (AvgIpc) is 2.76. The molecule has 0 saturated heterocycles. The van der Waals surface area contributed by atoms with Crippen molar-refractivity contribution >= 4 is 0 Å². The zero-order valence-electron chi connectivity index (χ0n) is 9.23. The van der Waals surface area contributed by atoms with Crippen molar-refractivity contribution in [3.05, 3.63) is 24.2 Å². The van der Waals surface area contributed by atoms with Gasteiger partial charge in [0.1, 0.15) is 5.69 Å². The summed E-state index contributed by atoms with van der Waals surface area (Å²) in [4.78, 5) is 2.14. The number of nitrogens with one attached hydrogen (secondary N) is 1. The highest BCUT2D eigenvalue weighted by Crippen LogP contribution is 2.22. The Morgan fingerprint density at radius 1 is 1.47 bits per heavy atom. The summed E-state index contributed by atoms with van der Waals surface area (Å²) in [7, 11) is 6.15. The van der Waals surface area contributed by atoms with Crippen molar-refractivity contribution in [2.45, 2.75) is 6.54 Å². The minimum Gasteiger partial charge on any atom is -0.353 e. The molecule has 2 heterocycles. The van der Waals surface area contributed by atoms with Gasteiger partial charge in [-0.15, -0.1) is 0 Å². The van der Waals surface area contributed by atoms with E-state index < -0.39 is 0 Å². The first-order valence-corrected chi connectivity index (χ1v) is 4.83. The molecule has 2 aromatic heterocycles. The molecule has 0 atom stereocenters. The molecule has 0 fully saturated rings. The van der Waals surface area contributed by atoms with Gasteiger partial charge in [-0.2, -0.15) is 15.4 Å². The van der Waals surface area contributed by atoms with E-state index in [0.29, 0.717) is 0 Å². The number of aryl methyl sites for hydroxylation is 1. The fourth-order valence-electron chi connectivity index (χ4n) is 1.62. The van der Waals surface area contributed by atoms with Gasteiger partial charge in [-0.05, 0) is 20.2 Å². The topological polar surface area (TPSA) is 49.7 Å². The van der Waals surface area contributed by atoms with E-state index in [0.717, 1.165) is 17.8 Å². The lowest BCUT2D eigenvalue weighted by atomic mass is 10.2. The number of hydrogen-bond acceptors (Lipinski definition) is 3. The van der Waals surface area contributed by atoms with E-state index >= 15 is 0 Å². The maximum atomic E-state index is 4.10. The van der Waals surface area contributed by atoms with E-state index in [2.05, 4.69) is 45.0 Å². The summed E-state index contributed by atoms with van der Waals surface area (Å²) in [5.74, 6) is 0. The van der Waals surface area contributed by atoms with Gasteiger partial charge in [-0.3, -0.25) is 0 Å². The zero-order valence-corrected chi connectivity index (χ0v) is 9.23. The van der Waals surface area contributed by atoms with Crippen molar-refractivity contribution in [1.29, 1.82) is 0 Å². The van der Waals surface area contributed by atoms with Crippen LogP contribution in [0.2, 0.25) is 0 Å². The zero-order chi connectivity index (χ0) is 10.8. The normalized spacial score (nSPS) is 11.2. The second-order valence-electron chi connectivity index (χ2n) is 3.88. The van der Waals surface area contributed by atoms with E-state index in [1.165, 1.54) is 5.69 Å². The lowest BCUT2D eigenvalue weighted by Gasteiger charge is -2.12. The van der Waals surface area contributed by atoms with Crippen LogP contribution in [0, 0.1) is 0 Å². The quantitative estimate of drug-likeness (QED) is 0.809. The Hall–Kier alpha value is -1.62. The van der Waals surface area contributed by atoms with E-state index in [-0.39, 0.29) is 0 Å². The molecule has 0 bridgehead atoms. The smallest absolute Gasteiger partial charge is 0.114 e. The van der Waals surface area contributed by atoms with E-state index in [9.17, 15) is 0 Å². The van der Waals surface area contributed by atoms with Crippen molar-refractivity contribution in [1.82, 2.24) is 24.9 Å². The second kappa shape index (κ2) is 3.86. The highest BCUT2D eigenvalue weighted by Gasteiger charge is 2.11. The van der Waals surface area contributed by atoms with Crippen LogP contribution in [0.25, 0.3) is 11.3 Å². The molecule has 0 aliphatic rings. The molecule has 1 N–H and O–H groups in total. The van der Waals surface area contributed by atoms with Crippen LogP contribution in [0.1, 0.15) is 5.69 Å². The monoisotopic (exact) mass is 205 g/mol. The minimum atomic E-state index is 0.895. The number of nitrogens with zero attached hydrogens (tertiary/aromatic N) is 4. The molecule has 5 nitrogen and oxygen atoms in total. The van der Waals surface area contributed by atoms with Crippen LogP contribution in [0.3, 0.4) is 0 Å². The maximum absolute atomic E-state index is 4.10. The van der Waals surface area contributed by atoms with Gasteiger partial charge in [0, 0.05) is 31.0 Å². The lowest BCUT2D eigenvalue weighted by Crippen LogP contribution is -2.14. The summed E-state index contributed by atoms with van der Waals surface area (Å²) in [5.41, 5.74) is 3.28. The molecule has 0 saturated carbocycles. The third-order valence-corrected chi connectivity index (χ3v) is 2.36. The predicted octanol–water partition coefficient (Wildman–Crippen LogP) is 0.872. The molecular formula is C10H15N5. The fraction of sp³-hybridized carbons (Fsp3) is 0.400. The first-order chi connectivity index (χ1) is 7.18. The molecule has 0 radical (unpaired) electrons. The molecule has 15 heavy (non-hydrogen) atoms. The summed E-state index contributed by atoms with van der Waals surface area (Å²) in [6.07, 6.45) is 3.79. The first kappa shape index (κ1) is 9.92. The Morgan fingerprint density at radius 2 is 2.27 bits per heavy atom. The molecule has 0 aliphatic carbocycles. The Morgan fingerprint density at radius 3 is 2.87 bits per heavy atom. The van der Waals surface area contributed by atoms with Crippen LogP contribution in [0.5, 0.6) is 0 Å². The third-order valence-electron chi connectivity index (χ3n) is 2.36. The summed E-state index contributed by atoms with van der Waals surface area (Å²) in [6, 6.07) is 2.07. The van der Waals surface area contributed by atoms with E-state index in [1.54, 1.807) is 6.20 Å². The summed E-state index contributed by atoms with van der Waals surface area (Å²) in [5, 5.41) is 10.6. The molecule has 0 aliphatic heterocycles. The predicted molar refractivity (Wildman–Crippen MR) is 58.2 cm³/mol. The average molecular weight is 205 g/mol. The van der Waals surface area contributed by atoms with Crippen LogP contribution in [0.15, 0.2) is 18.5 Å². The lowest BCUT2D eigenvalue weighted by molar-refractivity contribution is 0.392. The summed E-state index contributed by atoms with van der Waals surface area (Å²) < 4.78 is 2.12. The Bertz CT molecular complexity index is 427. The van der Waals surface area contributed by atoms with Crippen LogP contribution >= 0.6 is 0 Å². The number of aromatic nitrogens is 4. The summed E-state index contributed by atoms with van der Waals surface area (Å²) in [6.45, 7) is 0.895. The van der Waals surface area contributed by atoms with Crippen LogP contribution < -0.4 is 0 Å². The molecule has 0 spiro atoms. The molecule has 0 aromatic carbocycles. The van der Waals surface area contributed by atoms with Crippen LogP contribution in [-0.2, 0) is 13.6 Å². The maximum Gasteiger partial charge on any atom is 0.114 e. The van der Waals surface area contributed by atoms with Gasteiger partial charge < -0.3 is 9.47 Å². The largest absolute Gasteiger partial charge is 0.353 e. The molecule has 2 aromatic rings. The minimum absolute atomic E-state index is 0.895. The van der Waals surface area contributed by atoms with Crippen molar-refractivity contribution in [3.8, 4) is 11.3 Å². The molecule has 2 rings (SSSR count). The second-order valence-corrected chi connectivity index (χ2v) is 3.88. The highest BCUT2D eigenvalue weighted by molar-refractivity contribution is 5.61. The van der Waals surface area contributed by atoms with Gasteiger partial charge in [0.15, 0.2) is 0 Å². The Balaban J connectivity index is 2.40. The van der Waals surface area contributed by atoms with Crippen molar-refractivity contribution < 1.29 is 0 Å². The third kappa shape index (κ3) is 1.92. The van der Waals surface area contributed by atoms with Crippen LogP contribution in [0.4, 0.5) is 0 Å². The van der Waals surface area contributed by atoms with Gasteiger partial charge in [0.2, 0.25) is 0 Å². The molecule has 5 heteroatoms. The fourth-order valence-corrected chi connectivity index (χ4v) is 1.62. The van der Waals surface area contributed by atoms with Crippen LogP contribution in [-0.4, -0.2) is 39.0 Å². The van der Waals surface area contributed by atoms with Crippen molar-refractivity contribution in [2.24, 2.45) is 7.05 Å². The van der Waals surface area contributed by atoms with Crippen molar-refractivity contribution in [3.63, 3.8) is 0 Å². The molecule has 80 valence electrons. The standard InChI is InChI=1S/C10H15N5/c1-14(2)7-10-8(4-5-15(10)3)9-6-11-13-12-9/h4-6H,7H2,1-3H3,(H,11,12,13). The van der Waals surface area contributed by atoms with Crippen molar-refractivity contribution in [2.75, 3.05) is 14.1 Å². The van der Waals surface area contributed by atoms with Gasteiger partial charge in [-0.1, -0.05) is 0 Å². The van der Waals surface area contributed by atoms with Gasteiger partial charge in [0.05, 0.1) is 6.20 Å². The first-order valence-electron chi connectivity index (χ1n) is 4.83. The molecular weight excluding hydrogens is 190 g/mol. The number of rotatable bonds is 3. The van der Waals surface area contributed by atoms with Gasteiger partial charge >= 0.3 is 0 Å². The highest BCUT2D eigenvalue weighted by atomic mass is 15.3. The summed E-state index contributed by atoms with van der Waals surface area (Å²) >= 11 is 0. The SMILES string of the molecule is CN(C)Cc1c(-c2cn[nH]n2)ccn1C. The Kier molecular flexibility index (Phi) is 2.55. The molecule has 0 unspecified atom stereocenters. The van der Waals surface area contributed by atoms with E-state index in [4.69, 9.17) is 0 Å². The van der Waals surface area contributed by atoms with E-state index in [1.807, 2.05) is 13.2 Å². The number of H-pyrrole nitrogens is 1.